The first-order chi connectivity index (χ1) is 11.8. The van der Waals surface area contributed by atoms with Crippen LogP contribution in [-0.2, 0) is 30.6 Å². The summed E-state index contributed by atoms with van der Waals surface area (Å²) < 4.78 is 0. The van der Waals surface area contributed by atoms with Crippen molar-refractivity contribution in [3.63, 3.8) is 0 Å². The average molecular weight is 320 g/mol. The molecular formula is C19H20N4O. The number of pyridine rings is 1. The fourth-order valence-electron chi connectivity index (χ4n) is 3.42. The smallest absolute Gasteiger partial charge is 0.224 e. The van der Waals surface area contributed by atoms with E-state index in [1.165, 1.54) is 24.1 Å². The molecule has 0 aliphatic heterocycles. The maximum atomic E-state index is 12.3. The quantitative estimate of drug-likeness (QED) is 0.776. The average Bonchev–Trinajstić information content (AvgIpc) is 3.04. The molecule has 5 nitrogen and oxygen atoms in total. The van der Waals surface area contributed by atoms with Crippen molar-refractivity contribution in [1.82, 2.24) is 20.5 Å². The van der Waals surface area contributed by atoms with Crippen LogP contribution in [0.3, 0.4) is 0 Å². The van der Waals surface area contributed by atoms with Crippen LogP contribution in [0, 0.1) is 0 Å². The Morgan fingerprint density at radius 3 is 3.00 bits per heavy atom. The maximum Gasteiger partial charge on any atom is 0.224 e. The number of carbonyl (C=O) groups excluding carboxylic acids is 1. The van der Waals surface area contributed by atoms with Crippen molar-refractivity contribution in [3.05, 3.63) is 59.0 Å². The number of amides is 1. The van der Waals surface area contributed by atoms with Crippen molar-refractivity contribution in [2.45, 2.75) is 38.6 Å². The molecule has 5 heteroatoms. The third-order valence-electron chi connectivity index (χ3n) is 4.66. The molecule has 0 saturated carbocycles. The zero-order valence-electron chi connectivity index (χ0n) is 13.5. The molecule has 0 atom stereocenters. The monoisotopic (exact) mass is 320 g/mol. The summed E-state index contributed by atoms with van der Waals surface area (Å²) in [5.41, 5.74) is 5.37. The third kappa shape index (κ3) is 2.89. The minimum atomic E-state index is 0.000660. The van der Waals surface area contributed by atoms with Gasteiger partial charge in [0.25, 0.3) is 0 Å². The van der Waals surface area contributed by atoms with Crippen LogP contribution in [-0.4, -0.2) is 21.1 Å². The molecule has 1 amide bonds. The molecule has 0 saturated heterocycles. The van der Waals surface area contributed by atoms with Gasteiger partial charge in [0.1, 0.15) is 0 Å². The molecule has 2 heterocycles. The molecule has 3 aromatic rings. The number of aryl methyl sites for hydroxylation is 1. The second-order valence-electron chi connectivity index (χ2n) is 6.28. The zero-order valence-corrected chi connectivity index (χ0v) is 13.5. The van der Waals surface area contributed by atoms with E-state index in [0.717, 1.165) is 35.0 Å². The summed E-state index contributed by atoms with van der Waals surface area (Å²) in [4.78, 5) is 16.7. The number of rotatable bonds is 4. The Kier molecular flexibility index (Phi) is 3.99. The summed E-state index contributed by atoms with van der Waals surface area (Å²) in [6.07, 6.45) is 6.65. The Balaban J connectivity index is 1.44. The number of carbonyl (C=O) groups is 1. The standard InChI is InChI=1S/C19H20N4O/c24-18(11-14-6-3-5-13-7-4-10-20-19(13)14)21-12-17-15-8-1-2-9-16(15)22-23-17/h3-7,10H,1-2,8-9,11-12H2,(H,21,24)(H,22,23). The van der Waals surface area contributed by atoms with Gasteiger partial charge in [0.15, 0.2) is 0 Å². The van der Waals surface area contributed by atoms with Crippen LogP contribution in [0.2, 0.25) is 0 Å². The molecule has 1 aliphatic rings. The van der Waals surface area contributed by atoms with Gasteiger partial charge in [-0.3, -0.25) is 14.9 Å². The van der Waals surface area contributed by atoms with Crippen LogP contribution in [0.25, 0.3) is 10.9 Å². The first-order valence-electron chi connectivity index (χ1n) is 8.45. The lowest BCUT2D eigenvalue weighted by Gasteiger charge is -2.11. The van der Waals surface area contributed by atoms with Gasteiger partial charge in [0, 0.05) is 17.3 Å². The van der Waals surface area contributed by atoms with E-state index in [0.29, 0.717) is 13.0 Å². The number of H-pyrrole nitrogens is 1. The molecule has 0 spiro atoms. The number of hydrogen-bond acceptors (Lipinski definition) is 3. The Morgan fingerprint density at radius 1 is 1.17 bits per heavy atom. The fraction of sp³-hybridized carbons (Fsp3) is 0.316. The van der Waals surface area contributed by atoms with Gasteiger partial charge >= 0.3 is 0 Å². The summed E-state index contributed by atoms with van der Waals surface area (Å²) >= 11 is 0. The lowest BCUT2D eigenvalue weighted by atomic mass is 9.96. The zero-order chi connectivity index (χ0) is 16.4. The van der Waals surface area contributed by atoms with Gasteiger partial charge in [-0.05, 0) is 42.9 Å². The first kappa shape index (κ1) is 14.9. The molecule has 0 bridgehead atoms. The van der Waals surface area contributed by atoms with E-state index in [1.54, 1.807) is 6.20 Å². The lowest BCUT2D eigenvalue weighted by molar-refractivity contribution is -0.120. The van der Waals surface area contributed by atoms with Gasteiger partial charge < -0.3 is 5.32 Å². The van der Waals surface area contributed by atoms with Crippen LogP contribution in [0.5, 0.6) is 0 Å². The summed E-state index contributed by atoms with van der Waals surface area (Å²) in [7, 11) is 0. The number of aromatic nitrogens is 3. The van der Waals surface area contributed by atoms with Gasteiger partial charge in [-0.2, -0.15) is 5.10 Å². The molecule has 0 unspecified atom stereocenters. The van der Waals surface area contributed by atoms with E-state index in [1.807, 2.05) is 30.3 Å². The van der Waals surface area contributed by atoms with Crippen LogP contribution in [0.4, 0.5) is 0 Å². The Morgan fingerprint density at radius 2 is 2.04 bits per heavy atom. The van der Waals surface area contributed by atoms with E-state index < -0.39 is 0 Å². The normalized spacial score (nSPS) is 13.7. The SMILES string of the molecule is O=C(Cc1cccc2cccnc12)NCc1n[nH]c2c1CCCC2. The van der Waals surface area contributed by atoms with E-state index in [4.69, 9.17) is 0 Å². The number of fused-ring (bicyclic) bond motifs is 2. The van der Waals surface area contributed by atoms with Gasteiger partial charge in [0.05, 0.1) is 24.2 Å². The van der Waals surface area contributed by atoms with Crippen LogP contribution >= 0.6 is 0 Å². The molecule has 24 heavy (non-hydrogen) atoms. The molecule has 122 valence electrons. The molecule has 0 radical (unpaired) electrons. The van der Waals surface area contributed by atoms with Crippen LogP contribution in [0.1, 0.15) is 35.4 Å². The van der Waals surface area contributed by atoms with Crippen LogP contribution in [0.15, 0.2) is 36.5 Å². The van der Waals surface area contributed by atoms with Gasteiger partial charge in [0.2, 0.25) is 5.91 Å². The van der Waals surface area contributed by atoms with Crippen LogP contribution < -0.4 is 5.32 Å². The predicted octanol–water partition coefficient (Wildman–Crippen LogP) is 2.70. The Bertz CT molecular complexity index is 879. The lowest BCUT2D eigenvalue weighted by Crippen LogP contribution is -2.25. The highest BCUT2D eigenvalue weighted by Gasteiger charge is 2.17. The van der Waals surface area contributed by atoms with Crippen molar-refractivity contribution >= 4 is 16.8 Å². The van der Waals surface area contributed by atoms with Gasteiger partial charge in [-0.15, -0.1) is 0 Å². The largest absolute Gasteiger partial charge is 0.350 e. The highest BCUT2D eigenvalue weighted by atomic mass is 16.1. The van der Waals surface area contributed by atoms with E-state index in [-0.39, 0.29) is 5.91 Å². The number of nitrogens with zero attached hydrogens (tertiary/aromatic N) is 2. The molecule has 0 fully saturated rings. The number of aromatic amines is 1. The fourth-order valence-corrected chi connectivity index (χ4v) is 3.42. The van der Waals surface area contributed by atoms with Crippen molar-refractivity contribution in [2.24, 2.45) is 0 Å². The van der Waals surface area contributed by atoms with E-state index >= 15 is 0 Å². The third-order valence-corrected chi connectivity index (χ3v) is 4.66. The van der Waals surface area contributed by atoms with Crippen molar-refractivity contribution in [3.8, 4) is 0 Å². The minimum Gasteiger partial charge on any atom is -0.350 e. The summed E-state index contributed by atoms with van der Waals surface area (Å²) in [5, 5.41) is 11.5. The summed E-state index contributed by atoms with van der Waals surface area (Å²) in [6.45, 7) is 0.489. The number of nitrogens with one attached hydrogen (secondary N) is 2. The molecule has 1 aromatic carbocycles. The second-order valence-corrected chi connectivity index (χ2v) is 6.28. The summed E-state index contributed by atoms with van der Waals surface area (Å²) in [6, 6.07) is 9.87. The van der Waals surface area contributed by atoms with Crippen molar-refractivity contribution in [2.75, 3.05) is 0 Å². The number of para-hydroxylation sites is 1. The highest BCUT2D eigenvalue weighted by Crippen LogP contribution is 2.22. The van der Waals surface area contributed by atoms with E-state index in [2.05, 4.69) is 20.5 Å². The second kappa shape index (κ2) is 6.43. The molecule has 1 aliphatic carbocycles. The number of benzene rings is 1. The van der Waals surface area contributed by atoms with Crippen molar-refractivity contribution in [1.29, 1.82) is 0 Å². The minimum absolute atomic E-state index is 0.000660. The molecule has 2 aromatic heterocycles. The first-order valence-corrected chi connectivity index (χ1v) is 8.45. The molecular weight excluding hydrogens is 300 g/mol. The Hall–Kier alpha value is -2.69. The summed E-state index contributed by atoms with van der Waals surface area (Å²) in [5.74, 6) is 0.000660. The van der Waals surface area contributed by atoms with Crippen molar-refractivity contribution < 1.29 is 4.79 Å². The topological polar surface area (TPSA) is 70.7 Å². The van der Waals surface area contributed by atoms with Gasteiger partial charge in [-0.1, -0.05) is 24.3 Å². The maximum absolute atomic E-state index is 12.3. The Labute approximate surface area is 140 Å². The number of hydrogen-bond donors (Lipinski definition) is 2. The highest BCUT2D eigenvalue weighted by molar-refractivity contribution is 5.87. The van der Waals surface area contributed by atoms with E-state index in [9.17, 15) is 4.79 Å². The molecule has 2 N–H and O–H groups in total. The molecule has 4 rings (SSSR count). The van der Waals surface area contributed by atoms with Gasteiger partial charge in [-0.25, -0.2) is 0 Å². The predicted molar refractivity (Wildman–Crippen MR) is 92.5 cm³/mol.